The second-order valence-corrected chi connectivity index (χ2v) is 5.40. The number of carbonyl (C=O) groups excluding carboxylic acids is 1. The molecule has 1 fully saturated rings. The Labute approximate surface area is 114 Å². The average Bonchev–Trinajstić information content (AvgIpc) is 3.02. The van der Waals surface area contributed by atoms with E-state index in [1.165, 1.54) is 25.7 Å². The molecule has 1 aromatic rings. The standard InChI is InChI=1S/C14H24N4O/c1-15-13(12-9-17-18(2)10-12)14(19)16-8-7-11-5-3-4-6-11/h9-11,13,15H,3-8H2,1-2H3,(H,16,19). The lowest BCUT2D eigenvalue weighted by molar-refractivity contribution is -0.123. The van der Waals surface area contributed by atoms with Crippen LogP contribution >= 0.6 is 0 Å². The van der Waals surface area contributed by atoms with Crippen LogP contribution in [0, 0.1) is 5.92 Å². The molecule has 1 aliphatic rings. The zero-order chi connectivity index (χ0) is 13.7. The molecule has 5 nitrogen and oxygen atoms in total. The van der Waals surface area contributed by atoms with E-state index in [1.807, 2.05) is 13.2 Å². The minimum Gasteiger partial charge on any atom is -0.354 e. The summed E-state index contributed by atoms with van der Waals surface area (Å²) in [4.78, 5) is 12.1. The van der Waals surface area contributed by atoms with Crippen molar-refractivity contribution in [2.45, 2.75) is 38.1 Å². The molecule has 1 aliphatic carbocycles. The fourth-order valence-corrected chi connectivity index (χ4v) is 2.84. The molecule has 2 N–H and O–H groups in total. The van der Waals surface area contributed by atoms with E-state index in [0.29, 0.717) is 0 Å². The van der Waals surface area contributed by atoms with Crippen LogP contribution in [-0.2, 0) is 11.8 Å². The maximum atomic E-state index is 12.1. The second-order valence-electron chi connectivity index (χ2n) is 5.40. The second kappa shape index (κ2) is 6.70. The van der Waals surface area contributed by atoms with Crippen LogP contribution in [0.5, 0.6) is 0 Å². The molecule has 0 aliphatic heterocycles. The van der Waals surface area contributed by atoms with Crippen LogP contribution in [0.15, 0.2) is 12.4 Å². The highest BCUT2D eigenvalue weighted by molar-refractivity contribution is 5.82. The lowest BCUT2D eigenvalue weighted by atomic mass is 10.0. The molecule has 1 atom stereocenters. The summed E-state index contributed by atoms with van der Waals surface area (Å²) in [5, 5.41) is 10.2. The van der Waals surface area contributed by atoms with Crippen molar-refractivity contribution in [3.63, 3.8) is 0 Å². The molecule has 1 unspecified atom stereocenters. The Balaban J connectivity index is 1.79. The van der Waals surface area contributed by atoms with E-state index < -0.39 is 0 Å². The summed E-state index contributed by atoms with van der Waals surface area (Å²) in [6.07, 6.45) is 10.1. The number of aryl methyl sites for hydroxylation is 1. The SMILES string of the molecule is CNC(C(=O)NCCC1CCCC1)c1cnn(C)c1. The van der Waals surface area contributed by atoms with Gasteiger partial charge in [0.2, 0.25) is 5.91 Å². The summed E-state index contributed by atoms with van der Waals surface area (Å²) >= 11 is 0. The number of hydrogen-bond acceptors (Lipinski definition) is 3. The van der Waals surface area contributed by atoms with Gasteiger partial charge in [-0.15, -0.1) is 0 Å². The van der Waals surface area contributed by atoms with E-state index in [4.69, 9.17) is 0 Å². The van der Waals surface area contributed by atoms with Crippen molar-refractivity contribution in [1.82, 2.24) is 20.4 Å². The molecule has 19 heavy (non-hydrogen) atoms. The number of aromatic nitrogens is 2. The van der Waals surface area contributed by atoms with Crippen molar-refractivity contribution in [3.05, 3.63) is 18.0 Å². The molecule has 1 aromatic heterocycles. The first-order chi connectivity index (χ1) is 9.20. The van der Waals surface area contributed by atoms with Crippen LogP contribution in [0.25, 0.3) is 0 Å². The van der Waals surface area contributed by atoms with E-state index >= 15 is 0 Å². The number of nitrogens with zero attached hydrogens (tertiary/aromatic N) is 2. The van der Waals surface area contributed by atoms with Gasteiger partial charge in [-0.25, -0.2) is 0 Å². The number of rotatable bonds is 6. The van der Waals surface area contributed by atoms with E-state index in [0.717, 1.165) is 24.4 Å². The molecule has 0 bridgehead atoms. The first kappa shape index (κ1) is 14.1. The highest BCUT2D eigenvalue weighted by atomic mass is 16.2. The van der Waals surface area contributed by atoms with Crippen molar-refractivity contribution in [1.29, 1.82) is 0 Å². The Kier molecular flexibility index (Phi) is 4.96. The molecule has 1 saturated carbocycles. The van der Waals surface area contributed by atoms with Gasteiger partial charge in [0, 0.05) is 25.4 Å². The van der Waals surface area contributed by atoms with Crippen molar-refractivity contribution in [2.75, 3.05) is 13.6 Å². The number of likely N-dealkylation sites (N-methyl/N-ethyl adjacent to an activating group) is 1. The van der Waals surface area contributed by atoms with Crippen LogP contribution in [0.4, 0.5) is 0 Å². The quantitative estimate of drug-likeness (QED) is 0.816. The molecule has 1 amide bonds. The summed E-state index contributed by atoms with van der Waals surface area (Å²) in [5.74, 6) is 0.847. The summed E-state index contributed by atoms with van der Waals surface area (Å²) in [6, 6.07) is -0.308. The number of nitrogens with one attached hydrogen (secondary N) is 2. The molecular weight excluding hydrogens is 240 g/mol. The molecule has 0 spiro atoms. The third-order valence-corrected chi connectivity index (χ3v) is 3.94. The minimum absolute atomic E-state index is 0.0356. The zero-order valence-electron chi connectivity index (χ0n) is 11.9. The third-order valence-electron chi connectivity index (χ3n) is 3.94. The van der Waals surface area contributed by atoms with Gasteiger partial charge in [-0.3, -0.25) is 9.48 Å². The maximum Gasteiger partial charge on any atom is 0.241 e. The number of amides is 1. The summed E-state index contributed by atoms with van der Waals surface area (Å²) in [7, 11) is 3.66. The number of hydrogen-bond donors (Lipinski definition) is 2. The van der Waals surface area contributed by atoms with Crippen molar-refractivity contribution in [2.24, 2.45) is 13.0 Å². The van der Waals surface area contributed by atoms with Crippen LogP contribution in [0.3, 0.4) is 0 Å². The van der Waals surface area contributed by atoms with Gasteiger partial charge in [-0.2, -0.15) is 5.10 Å². The van der Waals surface area contributed by atoms with Gasteiger partial charge in [0.1, 0.15) is 6.04 Å². The van der Waals surface area contributed by atoms with Gasteiger partial charge in [-0.1, -0.05) is 25.7 Å². The topological polar surface area (TPSA) is 59.0 Å². The summed E-state index contributed by atoms with van der Waals surface area (Å²) in [5.41, 5.74) is 0.906. The highest BCUT2D eigenvalue weighted by Gasteiger charge is 2.20. The smallest absolute Gasteiger partial charge is 0.241 e. The van der Waals surface area contributed by atoms with Crippen molar-refractivity contribution < 1.29 is 4.79 Å². The highest BCUT2D eigenvalue weighted by Crippen LogP contribution is 2.26. The van der Waals surface area contributed by atoms with Gasteiger partial charge >= 0.3 is 0 Å². The fraction of sp³-hybridized carbons (Fsp3) is 0.714. The summed E-state index contributed by atoms with van der Waals surface area (Å²) < 4.78 is 1.71. The van der Waals surface area contributed by atoms with Gasteiger partial charge in [0.05, 0.1) is 6.20 Å². The molecule has 2 rings (SSSR count). The molecule has 106 valence electrons. The Morgan fingerprint density at radius 2 is 2.26 bits per heavy atom. The van der Waals surface area contributed by atoms with E-state index in [-0.39, 0.29) is 11.9 Å². The maximum absolute atomic E-state index is 12.1. The largest absolute Gasteiger partial charge is 0.354 e. The van der Waals surface area contributed by atoms with E-state index in [2.05, 4.69) is 15.7 Å². The number of carbonyl (C=O) groups is 1. The lowest BCUT2D eigenvalue weighted by Gasteiger charge is -2.15. The van der Waals surface area contributed by atoms with Gasteiger partial charge < -0.3 is 10.6 Å². The fourth-order valence-electron chi connectivity index (χ4n) is 2.84. The Hall–Kier alpha value is -1.36. The lowest BCUT2D eigenvalue weighted by Crippen LogP contribution is -2.36. The average molecular weight is 264 g/mol. The van der Waals surface area contributed by atoms with Gasteiger partial charge in [-0.05, 0) is 19.4 Å². The Bertz CT molecular complexity index is 409. The molecule has 0 radical (unpaired) electrons. The minimum atomic E-state index is -0.308. The molecular formula is C14H24N4O. The van der Waals surface area contributed by atoms with E-state index in [9.17, 15) is 4.79 Å². The zero-order valence-corrected chi connectivity index (χ0v) is 11.9. The van der Waals surface area contributed by atoms with Crippen molar-refractivity contribution in [3.8, 4) is 0 Å². The van der Waals surface area contributed by atoms with Crippen LogP contribution in [-0.4, -0.2) is 29.3 Å². The first-order valence-electron chi connectivity index (χ1n) is 7.14. The van der Waals surface area contributed by atoms with Crippen LogP contribution in [0.2, 0.25) is 0 Å². The predicted molar refractivity (Wildman–Crippen MR) is 74.6 cm³/mol. The van der Waals surface area contributed by atoms with E-state index in [1.54, 1.807) is 17.9 Å². The van der Waals surface area contributed by atoms with Crippen molar-refractivity contribution >= 4 is 5.91 Å². The monoisotopic (exact) mass is 264 g/mol. The normalized spacial score (nSPS) is 17.6. The van der Waals surface area contributed by atoms with Gasteiger partial charge in [0.25, 0.3) is 0 Å². The Morgan fingerprint density at radius 3 is 2.84 bits per heavy atom. The molecule has 1 heterocycles. The summed E-state index contributed by atoms with van der Waals surface area (Å²) in [6.45, 7) is 0.780. The molecule has 0 aromatic carbocycles. The van der Waals surface area contributed by atoms with Gasteiger partial charge in [0.15, 0.2) is 0 Å². The third kappa shape index (κ3) is 3.80. The first-order valence-corrected chi connectivity index (χ1v) is 7.14. The predicted octanol–water partition coefficient (Wildman–Crippen LogP) is 1.38. The van der Waals surface area contributed by atoms with Crippen LogP contribution < -0.4 is 10.6 Å². The Morgan fingerprint density at radius 1 is 1.53 bits per heavy atom. The van der Waals surface area contributed by atoms with Crippen LogP contribution in [0.1, 0.15) is 43.7 Å². The molecule has 5 heteroatoms. The molecule has 0 saturated heterocycles.